The number of hydrogen-bond acceptors (Lipinski definition) is 4. The van der Waals surface area contributed by atoms with Crippen LogP contribution in [0.2, 0.25) is 0 Å². The van der Waals surface area contributed by atoms with Crippen LogP contribution in [0.3, 0.4) is 0 Å². The molecule has 1 saturated carbocycles. The minimum absolute atomic E-state index is 0.0745. The van der Waals surface area contributed by atoms with Crippen LogP contribution in [0.15, 0.2) is 11.0 Å². The van der Waals surface area contributed by atoms with E-state index in [1.807, 2.05) is 0 Å². The molecule has 1 aliphatic carbocycles. The lowest BCUT2D eigenvalue weighted by atomic mass is 9.78. The van der Waals surface area contributed by atoms with Crippen LogP contribution >= 0.6 is 0 Å². The average molecular weight is 276 g/mol. The molecule has 5 nitrogen and oxygen atoms in total. The summed E-state index contributed by atoms with van der Waals surface area (Å²) >= 11 is 0. The first-order chi connectivity index (χ1) is 9.29. The Morgan fingerprint density at radius 3 is 2.65 bits per heavy atom. The molecule has 5 heteroatoms. The number of H-pyrrole nitrogens is 1. The largest absolute Gasteiger partial charge is 0.351 e. The van der Waals surface area contributed by atoms with Crippen LogP contribution in [0.5, 0.6) is 0 Å². The predicted molar refractivity (Wildman–Crippen MR) is 80.0 cm³/mol. The molecule has 2 heterocycles. The topological polar surface area (TPSA) is 75.0 Å². The Morgan fingerprint density at radius 2 is 2.15 bits per heavy atom. The van der Waals surface area contributed by atoms with E-state index < -0.39 is 0 Å². The fourth-order valence-corrected chi connectivity index (χ4v) is 3.45. The lowest BCUT2D eigenvalue weighted by molar-refractivity contribution is 0.217. The van der Waals surface area contributed by atoms with E-state index in [1.165, 1.54) is 6.42 Å². The molecular weight excluding hydrogens is 252 g/mol. The average Bonchev–Trinajstić information content (AvgIpc) is 2.69. The number of nitrogens with zero attached hydrogens (tertiary/aromatic N) is 2. The molecule has 1 aromatic rings. The first-order valence-electron chi connectivity index (χ1n) is 7.39. The van der Waals surface area contributed by atoms with Gasteiger partial charge in [-0.05, 0) is 19.3 Å². The molecule has 1 aliphatic heterocycles. The first-order valence-corrected chi connectivity index (χ1v) is 7.39. The molecule has 1 atom stereocenters. The number of nitrogens with one attached hydrogen (secondary N) is 1. The SMILES string of the molecule is CC(C)(C)c1cnc(N2CC3(CC[C@H](N)C3)C2)c(=O)[nH]1. The van der Waals surface area contributed by atoms with Crippen molar-refractivity contribution in [3.63, 3.8) is 0 Å². The summed E-state index contributed by atoms with van der Waals surface area (Å²) < 4.78 is 0. The minimum Gasteiger partial charge on any atom is -0.351 e. The standard InChI is InChI=1S/C15H24N4O/c1-14(2,3)11-7-17-12(13(20)18-11)19-8-15(9-19)5-4-10(16)6-15/h7,10H,4-6,8-9,16H2,1-3H3,(H,18,20)/t10-/m0/s1. The smallest absolute Gasteiger partial charge is 0.291 e. The van der Waals surface area contributed by atoms with Crippen molar-refractivity contribution in [3.05, 3.63) is 22.2 Å². The van der Waals surface area contributed by atoms with Gasteiger partial charge in [-0.3, -0.25) is 4.79 Å². The molecule has 0 aromatic carbocycles. The molecule has 1 aromatic heterocycles. The van der Waals surface area contributed by atoms with E-state index >= 15 is 0 Å². The number of anilines is 1. The van der Waals surface area contributed by atoms with Crippen LogP contribution in [0, 0.1) is 5.41 Å². The zero-order valence-corrected chi connectivity index (χ0v) is 12.6. The van der Waals surface area contributed by atoms with Gasteiger partial charge in [0.2, 0.25) is 0 Å². The number of aromatic amines is 1. The Hall–Kier alpha value is -1.36. The maximum atomic E-state index is 12.2. The Morgan fingerprint density at radius 1 is 1.45 bits per heavy atom. The van der Waals surface area contributed by atoms with E-state index in [0.29, 0.717) is 17.3 Å². The summed E-state index contributed by atoms with van der Waals surface area (Å²) in [6, 6.07) is 0.340. The van der Waals surface area contributed by atoms with Gasteiger partial charge in [0.25, 0.3) is 5.56 Å². The van der Waals surface area contributed by atoms with E-state index in [4.69, 9.17) is 5.73 Å². The number of nitrogens with two attached hydrogens (primary N) is 1. The summed E-state index contributed by atoms with van der Waals surface area (Å²) in [6.45, 7) is 8.05. The molecule has 2 aliphatic rings. The van der Waals surface area contributed by atoms with Crippen molar-refractivity contribution in [2.45, 2.75) is 51.5 Å². The van der Waals surface area contributed by atoms with Gasteiger partial charge in [-0.15, -0.1) is 0 Å². The second-order valence-electron chi connectivity index (χ2n) is 7.56. The van der Waals surface area contributed by atoms with Gasteiger partial charge in [0, 0.05) is 41.9 Å². The summed E-state index contributed by atoms with van der Waals surface area (Å²) in [5.41, 5.74) is 7.06. The molecule has 1 spiro atoms. The van der Waals surface area contributed by atoms with Crippen molar-refractivity contribution in [1.29, 1.82) is 0 Å². The second-order valence-corrected chi connectivity index (χ2v) is 7.56. The summed E-state index contributed by atoms with van der Waals surface area (Å²) in [4.78, 5) is 21.7. The number of aromatic nitrogens is 2. The first kappa shape index (κ1) is 13.6. The fourth-order valence-electron chi connectivity index (χ4n) is 3.45. The normalized spacial score (nSPS) is 25.0. The maximum absolute atomic E-state index is 12.2. The van der Waals surface area contributed by atoms with Gasteiger partial charge in [-0.2, -0.15) is 0 Å². The van der Waals surface area contributed by atoms with Gasteiger partial charge in [-0.25, -0.2) is 4.98 Å². The molecule has 0 radical (unpaired) electrons. The van der Waals surface area contributed by atoms with Gasteiger partial charge in [0.05, 0.1) is 0 Å². The number of rotatable bonds is 1. The highest BCUT2D eigenvalue weighted by Crippen LogP contribution is 2.45. The Balaban J connectivity index is 1.76. The van der Waals surface area contributed by atoms with Gasteiger partial charge >= 0.3 is 0 Å². The van der Waals surface area contributed by atoms with Gasteiger partial charge in [0.15, 0.2) is 5.82 Å². The van der Waals surface area contributed by atoms with E-state index in [9.17, 15) is 4.79 Å². The van der Waals surface area contributed by atoms with Crippen LogP contribution in [-0.2, 0) is 5.41 Å². The quantitative estimate of drug-likeness (QED) is 0.812. The Kier molecular flexibility index (Phi) is 2.94. The molecule has 3 N–H and O–H groups in total. The van der Waals surface area contributed by atoms with Crippen LogP contribution in [0.4, 0.5) is 5.82 Å². The lowest BCUT2D eigenvalue weighted by Gasteiger charge is -2.48. The highest BCUT2D eigenvalue weighted by Gasteiger charge is 2.48. The highest BCUT2D eigenvalue weighted by molar-refractivity contribution is 5.42. The molecule has 1 saturated heterocycles. The molecular formula is C15H24N4O. The lowest BCUT2D eigenvalue weighted by Crippen LogP contribution is -2.57. The fraction of sp³-hybridized carbons (Fsp3) is 0.733. The van der Waals surface area contributed by atoms with E-state index in [2.05, 4.69) is 35.6 Å². The third-order valence-electron chi connectivity index (χ3n) is 4.67. The van der Waals surface area contributed by atoms with Crippen molar-refractivity contribution < 1.29 is 0 Å². The van der Waals surface area contributed by atoms with E-state index in [-0.39, 0.29) is 11.0 Å². The summed E-state index contributed by atoms with van der Waals surface area (Å²) in [6.07, 6.45) is 5.17. The van der Waals surface area contributed by atoms with Gasteiger partial charge in [0.1, 0.15) is 0 Å². The van der Waals surface area contributed by atoms with E-state index in [0.717, 1.165) is 31.6 Å². The summed E-state index contributed by atoms with van der Waals surface area (Å²) in [5.74, 6) is 0.559. The molecule has 3 rings (SSSR count). The van der Waals surface area contributed by atoms with Crippen molar-refractivity contribution in [2.24, 2.45) is 11.1 Å². The van der Waals surface area contributed by atoms with Crippen molar-refractivity contribution in [1.82, 2.24) is 9.97 Å². The molecule has 0 bridgehead atoms. The van der Waals surface area contributed by atoms with Crippen LogP contribution < -0.4 is 16.2 Å². The Bertz CT molecular complexity index is 566. The minimum atomic E-state index is -0.0842. The van der Waals surface area contributed by atoms with Gasteiger partial charge < -0.3 is 15.6 Å². The number of hydrogen-bond donors (Lipinski definition) is 2. The van der Waals surface area contributed by atoms with Crippen LogP contribution in [0.1, 0.15) is 45.7 Å². The van der Waals surface area contributed by atoms with Crippen molar-refractivity contribution >= 4 is 5.82 Å². The zero-order chi connectivity index (χ0) is 14.5. The molecule has 0 amide bonds. The van der Waals surface area contributed by atoms with Crippen LogP contribution in [-0.4, -0.2) is 29.1 Å². The summed E-state index contributed by atoms with van der Waals surface area (Å²) in [7, 11) is 0. The van der Waals surface area contributed by atoms with Crippen molar-refractivity contribution in [3.8, 4) is 0 Å². The van der Waals surface area contributed by atoms with E-state index in [1.54, 1.807) is 6.20 Å². The zero-order valence-electron chi connectivity index (χ0n) is 12.6. The molecule has 20 heavy (non-hydrogen) atoms. The van der Waals surface area contributed by atoms with Crippen molar-refractivity contribution in [2.75, 3.05) is 18.0 Å². The third kappa shape index (κ3) is 2.24. The molecule has 110 valence electrons. The van der Waals surface area contributed by atoms with Gasteiger partial charge in [-0.1, -0.05) is 20.8 Å². The highest BCUT2D eigenvalue weighted by atomic mass is 16.1. The Labute approximate surface area is 119 Å². The maximum Gasteiger partial charge on any atom is 0.291 e. The second kappa shape index (κ2) is 4.32. The third-order valence-corrected chi connectivity index (χ3v) is 4.67. The predicted octanol–water partition coefficient (Wildman–Crippen LogP) is 1.39. The monoisotopic (exact) mass is 276 g/mol. The molecule has 0 unspecified atom stereocenters. The molecule has 2 fully saturated rings. The van der Waals surface area contributed by atoms with Crippen LogP contribution in [0.25, 0.3) is 0 Å². The summed E-state index contributed by atoms with van der Waals surface area (Å²) in [5, 5.41) is 0.